The van der Waals surface area contributed by atoms with Gasteiger partial charge in [-0.25, -0.2) is 9.37 Å². The first-order valence-electron chi connectivity index (χ1n) is 6.90. The Hall–Kier alpha value is -2.68. The summed E-state index contributed by atoms with van der Waals surface area (Å²) in [6.07, 6.45) is 0.709. The van der Waals surface area contributed by atoms with E-state index in [1.165, 1.54) is 28.5 Å². The highest BCUT2D eigenvalue weighted by atomic mass is 19.1. The zero-order chi connectivity index (χ0) is 14.2. The molecule has 21 heavy (non-hydrogen) atoms. The van der Waals surface area contributed by atoms with Crippen LogP contribution in [0.4, 0.5) is 4.39 Å². The molecule has 1 aromatic heterocycles. The number of hydrogen-bond acceptors (Lipinski definition) is 1. The van der Waals surface area contributed by atoms with Crippen LogP contribution < -0.4 is 0 Å². The molecular weight excluding hydrogens is 263 g/mol. The second-order valence-corrected chi connectivity index (χ2v) is 5.20. The molecule has 0 bridgehead atoms. The molecule has 1 heterocycles. The predicted molar refractivity (Wildman–Crippen MR) is 82.8 cm³/mol. The molecule has 3 heteroatoms. The van der Waals surface area contributed by atoms with Crippen molar-refractivity contribution < 1.29 is 4.39 Å². The van der Waals surface area contributed by atoms with E-state index in [2.05, 4.69) is 40.3 Å². The van der Waals surface area contributed by atoms with Crippen LogP contribution in [0.15, 0.2) is 60.7 Å². The molecule has 0 atom stereocenters. The fourth-order valence-electron chi connectivity index (χ4n) is 2.66. The molecule has 0 aliphatic rings. The fraction of sp³-hybridized carbons (Fsp3) is 0.0556. The number of rotatable bonds is 2. The first-order chi connectivity index (χ1) is 10.3. The van der Waals surface area contributed by atoms with Gasteiger partial charge in [-0.3, -0.25) is 0 Å². The third kappa shape index (κ3) is 2.27. The molecule has 1 N–H and O–H groups in total. The maximum atomic E-state index is 13.2. The molecule has 0 saturated heterocycles. The molecule has 102 valence electrons. The van der Waals surface area contributed by atoms with Crippen molar-refractivity contribution in [3.05, 3.63) is 77.9 Å². The number of H-pyrrole nitrogens is 1. The highest BCUT2D eigenvalue weighted by Crippen LogP contribution is 2.19. The van der Waals surface area contributed by atoms with Crippen LogP contribution in [0, 0.1) is 5.82 Å². The van der Waals surface area contributed by atoms with E-state index >= 15 is 0 Å². The van der Waals surface area contributed by atoms with Gasteiger partial charge in [-0.1, -0.05) is 42.5 Å². The lowest BCUT2D eigenvalue weighted by atomic mass is 10.1. The molecule has 2 nitrogen and oxygen atoms in total. The Labute approximate surface area is 121 Å². The van der Waals surface area contributed by atoms with Gasteiger partial charge in [0.25, 0.3) is 0 Å². The lowest BCUT2D eigenvalue weighted by Crippen LogP contribution is -1.90. The van der Waals surface area contributed by atoms with Gasteiger partial charge in [0, 0.05) is 6.42 Å². The Morgan fingerprint density at radius 2 is 1.76 bits per heavy atom. The average molecular weight is 276 g/mol. The summed E-state index contributed by atoms with van der Waals surface area (Å²) in [5, 5.41) is 2.45. The van der Waals surface area contributed by atoms with Crippen molar-refractivity contribution in [3.8, 4) is 0 Å². The number of fused-ring (bicyclic) bond motifs is 2. The quantitative estimate of drug-likeness (QED) is 0.576. The van der Waals surface area contributed by atoms with Gasteiger partial charge in [0.2, 0.25) is 0 Å². The lowest BCUT2D eigenvalue weighted by Gasteiger charge is -2.01. The first-order valence-corrected chi connectivity index (χ1v) is 6.90. The SMILES string of the molecule is Fc1ccc2nc(Cc3ccc4ccccc4c3)[nH]c2c1. The minimum atomic E-state index is -0.247. The smallest absolute Gasteiger partial charge is 0.125 e. The fourth-order valence-corrected chi connectivity index (χ4v) is 2.66. The number of imidazole rings is 1. The van der Waals surface area contributed by atoms with E-state index in [-0.39, 0.29) is 5.82 Å². The van der Waals surface area contributed by atoms with Crippen LogP contribution in [-0.2, 0) is 6.42 Å². The van der Waals surface area contributed by atoms with Crippen molar-refractivity contribution in [2.45, 2.75) is 6.42 Å². The molecule has 0 aliphatic carbocycles. The van der Waals surface area contributed by atoms with E-state index in [4.69, 9.17) is 0 Å². The number of nitrogens with one attached hydrogen (secondary N) is 1. The Morgan fingerprint density at radius 3 is 2.67 bits per heavy atom. The maximum absolute atomic E-state index is 13.2. The van der Waals surface area contributed by atoms with Gasteiger partial charge in [-0.15, -0.1) is 0 Å². The van der Waals surface area contributed by atoms with E-state index < -0.39 is 0 Å². The summed E-state index contributed by atoms with van der Waals surface area (Å²) in [6.45, 7) is 0. The maximum Gasteiger partial charge on any atom is 0.125 e. The van der Waals surface area contributed by atoms with Crippen LogP contribution in [0.25, 0.3) is 21.8 Å². The second-order valence-electron chi connectivity index (χ2n) is 5.20. The number of aromatic amines is 1. The van der Waals surface area contributed by atoms with Crippen LogP contribution >= 0.6 is 0 Å². The van der Waals surface area contributed by atoms with Crippen LogP contribution in [0.2, 0.25) is 0 Å². The van der Waals surface area contributed by atoms with E-state index in [0.29, 0.717) is 6.42 Å². The zero-order valence-corrected chi connectivity index (χ0v) is 11.3. The van der Waals surface area contributed by atoms with Gasteiger partial charge in [-0.05, 0) is 34.5 Å². The number of aromatic nitrogens is 2. The average Bonchev–Trinajstić information content (AvgIpc) is 2.88. The lowest BCUT2D eigenvalue weighted by molar-refractivity contribution is 0.629. The van der Waals surface area contributed by atoms with Crippen molar-refractivity contribution in [3.63, 3.8) is 0 Å². The first kappa shape index (κ1) is 12.1. The number of nitrogens with zero attached hydrogens (tertiary/aromatic N) is 1. The Bertz CT molecular complexity index is 940. The molecule has 0 radical (unpaired) electrons. The molecule has 0 amide bonds. The van der Waals surface area contributed by atoms with Crippen LogP contribution in [0.1, 0.15) is 11.4 Å². The van der Waals surface area contributed by atoms with Crippen molar-refractivity contribution in [2.24, 2.45) is 0 Å². The van der Waals surface area contributed by atoms with Gasteiger partial charge in [0.15, 0.2) is 0 Å². The summed E-state index contributed by atoms with van der Waals surface area (Å²) in [6, 6.07) is 19.3. The largest absolute Gasteiger partial charge is 0.342 e. The Kier molecular flexibility index (Phi) is 2.71. The summed E-state index contributed by atoms with van der Waals surface area (Å²) in [5.74, 6) is 0.606. The Morgan fingerprint density at radius 1 is 0.905 bits per heavy atom. The molecule has 0 aliphatic heterocycles. The number of halogens is 1. The summed E-state index contributed by atoms with van der Waals surface area (Å²) in [4.78, 5) is 7.69. The van der Waals surface area contributed by atoms with Crippen LogP contribution in [0.5, 0.6) is 0 Å². The highest BCUT2D eigenvalue weighted by molar-refractivity contribution is 5.83. The molecule has 0 spiro atoms. The van der Waals surface area contributed by atoms with Crippen molar-refractivity contribution in [2.75, 3.05) is 0 Å². The summed E-state index contributed by atoms with van der Waals surface area (Å²) in [7, 11) is 0. The van der Waals surface area contributed by atoms with Gasteiger partial charge >= 0.3 is 0 Å². The topological polar surface area (TPSA) is 28.7 Å². The minimum absolute atomic E-state index is 0.247. The minimum Gasteiger partial charge on any atom is -0.342 e. The zero-order valence-electron chi connectivity index (χ0n) is 11.3. The Balaban J connectivity index is 1.71. The van der Waals surface area contributed by atoms with Gasteiger partial charge in [0.1, 0.15) is 11.6 Å². The summed E-state index contributed by atoms with van der Waals surface area (Å²) >= 11 is 0. The third-order valence-corrected chi connectivity index (χ3v) is 3.68. The molecule has 0 unspecified atom stereocenters. The molecule has 4 rings (SSSR count). The normalized spacial score (nSPS) is 11.3. The number of benzene rings is 3. The predicted octanol–water partition coefficient (Wildman–Crippen LogP) is 4.45. The molecule has 0 fully saturated rings. The van der Waals surface area contributed by atoms with Gasteiger partial charge < -0.3 is 4.98 Å². The monoisotopic (exact) mass is 276 g/mol. The molecular formula is C18H13FN2. The van der Waals surface area contributed by atoms with E-state index in [1.54, 1.807) is 6.07 Å². The van der Waals surface area contributed by atoms with Crippen LogP contribution in [-0.4, -0.2) is 9.97 Å². The van der Waals surface area contributed by atoms with E-state index in [1.807, 2.05) is 12.1 Å². The summed E-state index contributed by atoms with van der Waals surface area (Å²) < 4.78 is 13.2. The van der Waals surface area contributed by atoms with Crippen molar-refractivity contribution in [1.29, 1.82) is 0 Å². The van der Waals surface area contributed by atoms with Gasteiger partial charge in [0.05, 0.1) is 11.0 Å². The standard InChI is InChI=1S/C18H13FN2/c19-15-7-8-16-17(11-15)21-18(20-16)10-12-5-6-13-3-1-2-4-14(13)9-12/h1-9,11H,10H2,(H,20,21). The van der Waals surface area contributed by atoms with Crippen molar-refractivity contribution in [1.82, 2.24) is 9.97 Å². The van der Waals surface area contributed by atoms with Crippen molar-refractivity contribution >= 4 is 21.8 Å². The van der Waals surface area contributed by atoms with E-state index in [0.717, 1.165) is 16.9 Å². The number of hydrogen-bond donors (Lipinski definition) is 1. The third-order valence-electron chi connectivity index (χ3n) is 3.68. The molecule has 3 aromatic carbocycles. The highest BCUT2D eigenvalue weighted by Gasteiger charge is 2.05. The molecule has 0 saturated carbocycles. The van der Waals surface area contributed by atoms with E-state index in [9.17, 15) is 4.39 Å². The molecule has 4 aromatic rings. The van der Waals surface area contributed by atoms with Gasteiger partial charge in [-0.2, -0.15) is 0 Å². The summed E-state index contributed by atoms with van der Waals surface area (Å²) in [5.41, 5.74) is 2.73. The van der Waals surface area contributed by atoms with Crippen LogP contribution in [0.3, 0.4) is 0 Å². The second kappa shape index (κ2) is 4.70.